The highest BCUT2D eigenvalue weighted by molar-refractivity contribution is 5.58. The van der Waals surface area contributed by atoms with Gasteiger partial charge in [0.1, 0.15) is 22.9 Å². The first kappa shape index (κ1) is 12.8. The van der Waals surface area contributed by atoms with Crippen LogP contribution in [0.3, 0.4) is 0 Å². The molecule has 0 fully saturated rings. The van der Waals surface area contributed by atoms with Gasteiger partial charge in [0, 0.05) is 17.3 Å². The molecule has 4 heteroatoms. The molecule has 1 aliphatic rings. The summed E-state index contributed by atoms with van der Waals surface area (Å²) in [4.78, 5) is 4.18. The molecule has 3 nitrogen and oxygen atoms in total. The first-order valence-corrected chi connectivity index (χ1v) is 6.30. The maximum Gasteiger partial charge on any atom is 0.147 e. The Morgan fingerprint density at radius 1 is 1.40 bits per heavy atom. The summed E-state index contributed by atoms with van der Waals surface area (Å²) in [5, 5.41) is 10.2. The fourth-order valence-corrected chi connectivity index (χ4v) is 2.56. The quantitative estimate of drug-likeness (QED) is 0.910. The minimum atomic E-state index is -0.729. The lowest BCUT2D eigenvalue weighted by Crippen LogP contribution is -2.22. The van der Waals surface area contributed by atoms with Crippen molar-refractivity contribution in [3.63, 3.8) is 0 Å². The Balaban J connectivity index is 2.15. The van der Waals surface area contributed by atoms with E-state index in [4.69, 9.17) is 4.74 Å². The fraction of sp³-hybridized carbons (Fsp3) is 0.188. The number of hydrogen-bond donors (Lipinski definition) is 1. The predicted octanol–water partition coefficient (Wildman–Crippen LogP) is 3.36. The van der Waals surface area contributed by atoms with Crippen LogP contribution >= 0.6 is 0 Å². The van der Waals surface area contributed by atoms with Gasteiger partial charge in [-0.15, -0.1) is 0 Å². The van der Waals surface area contributed by atoms with E-state index in [0.29, 0.717) is 17.9 Å². The molecule has 0 aliphatic carbocycles. The number of aromatic hydroxyl groups is 1. The molecule has 1 aromatic heterocycles. The van der Waals surface area contributed by atoms with E-state index in [0.717, 1.165) is 11.1 Å². The first-order chi connectivity index (χ1) is 9.56. The molecule has 102 valence electrons. The van der Waals surface area contributed by atoms with Gasteiger partial charge >= 0.3 is 0 Å². The normalized spacial score (nSPS) is 20.7. The zero-order valence-corrected chi connectivity index (χ0v) is 11.1. The van der Waals surface area contributed by atoms with E-state index in [1.54, 1.807) is 18.3 Å². The summed E-state index contributed by atoms with van der Waals surface area (Å²) in [6.45, 7) is 5.80. The molecule has 0 spiro atoms. The van der Waals surface area contributed by atoms with Crippen molar-refractivity contribution in [1.82, 2.24) is 4.98 Å². The Hall–Kier alpha value is -2.20. The highest BCUT2D eigenvalue weighted by atomic mass is 19.1. The molecule has 1 aliphatic heterocycles. The number of hydrogen-bond acceptors (Lipinski definition) is 3. The molecule has 2 heterocycles. The van der Waals surface area contributed by atoms with Gasteiger partial charge in [0.15, 0.2) is 0 Å². The smallest absolute Gasteiger partial charge is 0.147 e. The summed E-state index contributed by atoms with van der Waals surface area (Å²) in [5.74, 6) is -0.193. The van der Waals surface area contributed by atoms with Gasteiger partial charge in [0.25, 0.3) is 0 Å². The number of benzene rings is 1. The molecule has 0 amide bonds. The monoisotopic (exact) mass is 271 g/mol. The van der Waals surface area contributed by atoms with Crippen LogP contribution in [0.1, 0.15) is 29.3 Å². The number of fused-ring (bicyclic) bond motifs is 1. The summed E-state index contributed by atoms with van der Waals surface area (Å²) in [7, 11) is 0. The fourth-order valence-electron chi connectivity index (χ4n) is 2.56. The molecule has 1 atom stereocenters. The number of nitrogens with zero attached hydrogens (tertiary/aromatic N) is 1. The molecule has 1 N–H and O–H groups in total. The molecule has 1 aromatic carbocycles. The second-order valence-electron chi connectivity index (χ2n) is 4.92. The van der Waals surface area contributed by atoms with Crippen LogP contribution in [0.2, 0.25) is 0 Å². The number of halogens is 1. The maximum atomic E-state index is 13.1. The van der Waals surface area contributed by atoms with Crippen LogP contribution in [0.4, 0.5) is 4.39 Å². The van der Waals surface area contributed by atoms with Crippen molar-refractivity contribution in [2.24, 2.45) is 0 Å². The summed E-state index contributed by atoms with van der Waals surface area (Å²) < 4.78 is 18.9. The van der Waals surface area contributed by atoms with Gasteiger partial charge in [0.2, 0.25) is 0 Å². The second kappa shape index (κ2) is 4.42. The zero-order valence-electron chi connectivity index (χ0n) is 11.1. The minimum absolute atomic E-state index is 0.100. The van der Waals surface area contributed by atoms with Gasteiger partial charge in [-0.25, -0.2) is 4.39 Å². The third-order valence-electron chi connectivity index (χ3n) is 3.79. The summed E-state index contributed by atoms with van der Waals surface area (Å²) >= 11 is 0. The molecule has 1 unspecified atom stereocenters. The SMILES string of the molecule is C=Cc1ncc2c(c1O)COC2(C)c1ccc(F)cc1. The molecule has 0 saturated carbocycles. The van der Waals surface area contributed by atoms with E-state index in [9.17, 15) is 9.50 Å². The molecule has 2 aromatic rings. The van der Waals surface area contributed by atoms with E-state index in [-0.39, 0.29) is 11.6 Å². The van der Waals surface area contributed by atoms with Crippen LogP contribution in [-0.4, -0.2) is 10.1 Å². The van der Waals surface area contributed by atoms with E-state index in [1.807, 2.05) is 6.92 Å². The standard InChI is InChI=1S/C16H14FNO2/c1-3-14-15(19)12-9-20-16(2,13(12)8-18-14)10-4-6-11(17)7-5-10/h3-8,19H,1,9H2,2H3. The highest BCUT2D eigenvalue weighted by Gasteiger charge is 2.39. The summed E-state index contributed by atoms with van der Waals surface area (Å²) in [6.07, 6.45) is 3.19. The maximum absolute atomic E-state index is 13.1. The van der Waals surface area contributed by atoms with Gasteiger partial charge in [-0.2, -0.15) is 0 Å². The second-order valence-corrected chi connectivity index (χ2v) is 4.92. The molecular weight excluding hydrogens is 257 g/mol. The van der Waals surface area contributed by atoms with E-state index in [1.165, 1.54) is 18.2 Å². The first-order valence-electron chi connectivity index (χ1n) is 6.30. The van der Waals surface area contributed by atoms with Gasteiger partial charge < -0.3 is 9.84 Å². The van der Waals surface area contributed by atoms with Gasteiger partial charge in [0.05, 0.1) is 6.61 Å². The van der Waals surface area contributed by atoms with Crippen molar-refractivity contribution >= 4 is 6.08 Å². The van der Waals surface area contributed by atoms with E-state index in [2.05, 4.69) is 11.6 Å². The highest BCUT2D eigenvalue weighted by Crippen LogP contribution is 2.44. The van der Waals surface area contributed by atoms with Crippen molar-refractivity contribution in [2.75, 3.05) is 0 Å². The summed E-state index contributed by atoms with van der Waals surface area (Å²) in [6, 6.07) is 6.16. The average molecular weight is 271 g/mol. The van der Waals surface area contributed by atoms with Gasteiger partial charge in [-0.05, 0) is 30.7 Å². The van der Waals surface area contributed by atoms with Crippen molar-refractivity contribution in [1.29, 1.82) is 0 Å². The van der Waals surface area contributed by atoms with E-state index >= 15 is 0 Å². The Morgan fingerprint density at radius 2 is 2.10 bits per heavy atom. The number of pyridine rings is 1. The van der Waals surface area contributed by atoms with Crippen molar-refractivity contribution in [3.05, 3.63) is 65.2 Å². The van der Waals surface area contributed by atoms with Gasteiger partial charge in [-0.1, -0.05) is 18.7 Å². The molecule has 20 heavy (non-hydrogen) atoms. The van der Waals surface area contributed by atoms with Crippen LogP contribution < -0.4 is 0 Å². The lowest BCUT2D eigenvalue weighted by Gasteiger charge is -2.25. The van der Waals surface area contributed by atoms with Crippen LogP contribution in [0.5, 0.6) is 5.75 Å². The summed E-state index contributed by atoms with van der Waals surface area (Å²) in [5.41, 5.74) is 2.04. The Labute approximate surface area is 116 Å². The van der Waals surface area contributed by atoms with Crippen molar-refractivity contribution in [3.8, 4) is 5.75 Å². The zero-order chi connectivity index (χ0) is 14.3. The number of ether oxygens (including phenoxy) is 1. The lowest BCUT2D eigenvalue weighted by molar-refractivity contribution is 0.00930. The largest absolute Gasteiger partial charge is 0.505 e. The van der Waals surface area contributed by atoms with Crippen molar-refractivity contribution in [2.45, 2.75) is 19.1 Å². The van der Waals surface area contributed by atoms with Crippen LogP contribution in [0.15, 0.2) is 37.0 Å². The molecule has 3 rings (SSSR count). The van der Waals surface area contributed by atoms with Crippen LogP contribution in [0, 0.1) is 5.82 Å². The molecular formula is C16H14FNO2. The topological polar surface area (TPSA) is 42.4 Å². The van der Waals surface area contributed by atoms with Crippen LogP contribution in [-0.2, 0) is 16.9 Å². The van der Waals surface area contributed by atoms with Crippen molar-refractivity contribution < 1.29 is 14.2 Å². The Morgan fingerprint density at radius 3 is 2.75 bits per heavy atom. The van der Waals surface area contributed by atoms with Crippen LogP contribution in [0.25, 0.3) is 6.08 Å². The van der Waals surface area contributed by atoms with Gasteiger partial charge in [-0.3, -0.25) is 4.98 Å². The number of rotatable bonds is 2. The predicted molar refractivity (Wildman–Crippen MR) is 73.6 cm³/mol. The number of aromatic nitrogens is 1. The van der Waals surface area contributed by atoms with E-state index < -0.39 is 5.60 Å². The average Bonchev–Trinajstić information content (AvgIpc) is 2.80. The molecule has 0 radical (unpaired) electrons. The Kier molecular flexibility index (Phi) is 2.83. The molecule has 0 bridgehead atoms. The minimum Gasteiger partial charge on any atom is -0.505 e. The third kappa shape index (κ3) is 1.72. The lowest BCUT2D eigenvalue weighted by atomic mass is 9.88. The Bertz CT molecular complexity index is 682. The molecule has 0 saturated heterocycles. The third-order valence-corrected chi connectivity index (χ3v) is 3.79.